The van der Waals surface area contributed by atoms with Gasteiger partial charge in [-0.15, -0.1) is 0 Å². The molecule has 0 bridgehead atoms. The number of ether oxygens (including phenoxy) is 2. The zero-order chi connectivity index (χ0) is 20.6. The molecule has 28 heavy (non-hydrogen) atoms. The van der Waals surface area contributed by atoms with Crippen molar-refractivity contribution in [2.45, 2.75) is 26.1 Å². The summed E-state index contributed by atoms with van der Waals surface area (Å²) in [6, 6.07) is 10.4. The molecule has 0 aliphatic carbocycles. The SMILES string of the molecule is CCCOc1ccc(C(F)(F)F)cc1NCC(=O)NCc1cccc(OC)c1. The van der Waals surface area contributed by atoms with E-state index < -0.39 is 11.7 Å². The summed E-state index contributed by atoms with van der Waals surface area (Å²) in [5, 5.41) is 5.44. The van der Waals surface area contributed by atoms with Gasteiger partial charge in [-0.1, -0.05) is 19.1 Å². The van der Waals surface area contributed by atoms with Crippen molar-refractivity contribution in [3.8, 4) is 11.5 Å². The second-order valence-electron chi connectivity index (χ2n) is 6.04. The molecular formula is C20H23F3N2O3. The van der Waals surface area contributed by atoms with Crippen molar-refractivity contribution < 1.29 is 27.4 Å². The number of benzene rings is 2. The van der Waals surface area contributed by atoms with Crippen LogP contribution in [0, 0.1) is 0 Å². The Morgan fingerprint density at radius 2 is 1.93 bits per heavy atom. The minimum absolute atomic E-state index is 0.125. The highest BCUT2D eigenvalue weighted by Crippen LogP contribution is 2.35. The van der Waals surface area contributed by atoms with Crippen molar-refractivity contribution >= 4 is 11.6 Å². The van der Waals surface area contributed by atoms with Gasteiger partial charge in [0.2, 0.25) is 5.91 Å². The van der Waals surface area contributed by atoms with Crippen molar-refractivity contribution in [2.24, 2.45) is 0 Å². The third kappa shape index (κ3) is 6.37. The van der Waals surface area contributed by atoms with E-state index in [0.29, 0.717) is 18.8 Å². The van der Waals surface area contributed by atoms with Gasteiger partial charge in [-0.05, 0) is 42.3 Å². The molecule has 0 aromatic heterocycles. The summed E-state index contributed by atoms with van der Waals surface area (Å²) in [6.07, 6.45) is -3.77. The molecule has 0 fully saturated rings. The molecule has 0 saturated heterocycles. The average molecular weight is 396 g/mol. The second kappa shape index (κ2) is 9.87. The summed E-state index contributed by atoms with van der Waals surface area (Å²) in [4.78, 5) is 12.1. The zero-order valence-corrected chi connectivity index (χ0v) is 15.7. The van der Waals surface area contributed by atoms with E-state index in [9.17, 15) is 18.0 Å². The lowest BCUT2D eigenvalue weighted by Crippen LogP contribution is -2.29. The van der Waals surface area contributed by atoms with E-state index >= 15 is 0 Å². The Balaban J connectivity index is 1.99. The van der Waals surface area contributed by atoms with E-state index in [2.05, 4.69) is 10.6 Å². The summed E-state index contributed by atoms with van der Waals surface area (Å²) in [6.45, 7) is 2.35. The molecule has 0 spiro atoms. The van der Waals surface area contributed by atoms with Crippen LogP contribution in [0.1, 0.15) is 24.5 Å². The van der Waals surface area contributed by atoms with Gasteiger partial charge in [0.1, 0.15) is 11.5 Å². The van der Waals surface area contributed by atoms with E-state index in [1.807, 2.05) is 13.0 Å². The van der Waals surface area contributed by atoms with E-state index in [-0.39, 0.29) is 30.4 Å². The largest absolute Gasteiger partial charge is 0.497 e. The fraction of sp³-hybridized carbons (Fsp3) is 0.350. The molecule has 0 radical (unpaired) electrons. The number of rotatable bonds is 9. The summed E-state index contributed by atoms with van der Waals surface area (Å²) >= 11 is 0. The van der Waals surface area contributed by atoms with Crippen LogP contribution in [0.3, 0.4) is 0 Å². The molecule has 0 atom stereocenters. The van der Waals surface area contributed by atoms with Crippen molar-refractivity contribution in [2.75, 3.05) is 25.6 Å². The average Bonchev–Trinajstić information content (AvgIpc) is 2.68. The smallest absolute Gasteiger partial charge is 0.416 e. The van der Waals surface area contributed by atoms with Crippen molar-refractivity contribution in [3.05, 3.63) is 53.6 Å². The van der Waals surface area contributed by atoms with E-state index in [1.54, 1.807) is 25.3 Å². The predicted octanol–water partition coefficient (Wildman–Crippen LogP) is 4.23. The van der Waals surface area contributed by atoms with Gasteiger partial charge in [0.15, 0.2) is 0 Å². The number of alkyl halides is 3. The number of amides is 1. The third-order valence-corrected chi connectivity index (χ3v) is 3.83. The topological polar surface area (TPSA) is 59.6 Å². The first-order valence-corrected chi connectivity index (χ1v) is 8.81. The molecule has 2 aromatic rings. The van der Waals surface area contributed by atoms with Gasteiger partial charge >= 0.3 is 6.18 Å². The highest BCUT2D eigenvalue weighted by Gasteiger charge is 2.31. The minimum Gasteiger partial charge on any atom is -0.497 e. The van der Waals surface area contributed by atoms with Crippen LogP contribution in [-0.4, -0.2) is 26.2 Å². The third-order valence-electron chi connectivity index (χ3n) is 3.83. The van der Waals surface area contributed by atoms with E-state index in [1.165, 1.54) is 6.07 Å². The Labute approximate surface area is 161 Å². The van der Waals surface area contributed by atoms with Gasteiger partial charge in [0.05, 0.1) is 31.5 Å². The highest BCUT2D eigenvalue weighted by atomic mass is 19.4. The van der Waals surface area contributed by atoms with Gasteiger partial charge < -0.3 is 20.1 Å². The van der Waals surface area contributed by atoms with Crippen LogP contribution in [0.25, 0.3) is 0 Å². The quantitative estimate of drug-likeness (QED) is 0.666. The Hall–Kier alpha value is -2.90. The van der Waals surface area contributed by atoms with Crippen LogP contribution in [-0.2, 0) is 17.5 Å². The number of carbonyl (C=O) groups excluding carboxylic acids is 1. The number of halogens is 3. The molecule has 0 unspecified atom stereocenters. The maximum atomic E-state index is 13.0. The van der Waals surface area contributed by atoms with Crippen molar-refractivity contribution in [3.63, 3.8) is 0 Å². The van der Waals surface area contributed by atoms with E-state index in [4.69, 9.17) is 9.47 Å². The monoisotopic (exact) mass is 396 g/mol. The van der Waals surface area contributed by atoms with Gasteiger partial charge in [-0.25, -0.2) is 0 Å². The lowest BCUT2D eigenvalue weighted by Gasteiger charge is -2.16. The van der Waals surface area contributed by atoms with Crippen LogP contribution in [0.15, 0.2) is 42.5 Å². The summed E-state index contributed by atoms with van der Waals surface area (Å²) in [7, 11) is 1.55. The summed E-state index contributed by atoms with van der Waals surface area (Å²) in [5.74, 6) is 0.587. The van der Waals surface area contributed by atoms with E-state index in [0.717, 1.165) is 17.7 Å². The van der Waals surface area contributed by atoms with Gasteiger partial charge in [-0.2, -0.15) is 13.2 Å². The fourth-order valence-electron chi connectivity index (χ4n) is 2.40. The molecule has 2 aromatic carbocycles. The molecule has 2 N–H and O–H groups in total. The number of carbonyl (C=O) groups is 1. The molecule has 5 nitrogen and oxygen atoms in total. The molecule has 0 aliphatic heterocycles. The summed E-state index contributed by atoms with van der Waals surface area (Å²) in [5.41, 5.74) is 0.161. The number of methoxy groups -OCH3 is 1. The molecule has 152 valence electrons. The molecule has 0 aliphatic rings. The van der Waals surface area contributed by atoms with Crippen LogP contribution in [0.2, 0.25) is 0 Å². The zero-order valence-electron chi connectivity index (χ0n) is 15.7. The Morgan fingerprint density at radius 3 is 2.61 bits per heavy atom. The molecular weight excluding hydrogens is 373 g/mol. The number of hydrogen-bond acceptors (Lipinski definition) is 4. The normalized spacial score (nSPS) is 11.0. The lowest BCUT2D eigenvalue weighted by atomic mass is 10.1. The number of nitrogens with one attached hydrogen (secondary N) is 2. The highest BCUT2D eigenvalue weighted by molar-refractivity contribution is 5.81. The van der Waals surface area contributed by atoms with Gasteiger partial charge in [0, 0.05) is 6.54 Å². The maximum absolute atomic E-state index is 13.0. The molecule has 2 rings (SSSR count). The predicted molar refractivity (Wildman–Crippen MR) is 101 cm³/mol. The first kappa shape index (κ1) is 21.4. The molecule has 0 heterocycles. The minimum atomic E-state index is -4.48. The van der Waals surface area contributed by atoms with Crippen LogP contribution < -0.4 is 20.1 Å². The Morgan fingerprint density at radius 1 is 1.14 bits per heavy atom. The second-order valence-corrected chi connectivity index (χ2v) is 6.04. The lowest BCUT2D eigenvalue weighted by molar-refractivity contribution is -0.137. The standard InChI is InChI=1S/C20H23F3N2O3/c1-3-9-28-18-8-7-15(20(21,22)23)11-17(18)24-13-19(26)25-12-14-5-4-6-16(10-14)27-2/h4-8,10-11,24H,3,9,12-13H2,1-2H3,(H,25,26). The first-order chi connectivity index (χ1) is 13.3. The van der Waals surface area contributed by atoms with Gasteiger partial charge in [0.25, 0.3) is 0 Å². The molecule has 8 heteroatoms. The van der Waals surface area contributed by atoms with Crippen molar-refractivity contribution in [1.29, 1.82) is 0 Å². The number of anilines is 1. The Bertz CT molecular complexity index is 795. The fourth-order valence-corrected chi connectivity index (χ4v) is 2.40. The number of hydrogen-bond donors (Lipinski definition) is 2. The molecule has 1 amide bonds. The summed E-state index contributed by atoms with van der Waals surface area (Å²) < 4.78 is 49.5. The van der Waals surface area contributed by atoms with Gasteiger partial charge in [-0.3, -0.25) is 4.79 Å². The molecule has 0 saturated carbocycles. The van der Waals surface area contributed by atoms with Crippen molar-refractivity contribution in [1.82, 2.24) is 5.32 Å². The van der Waals surface area contributed by atoms with Crippen LogP contribution in [0.5, 0.6) is 11.5 Å². The van der Waals surface area contributed by atoms with Crippen LogP contribution >= 0.6 is 0 Å². The maximum Gasteiger partial charge on any atom is 0.416 e. The first-order valence-electron chi connectivity index (χ1n) is 8.81. The Kier molecular flexibility index (Phi) is 7.54. The van der Waals surface area contributed by atoms with Crippen LogP contribution in [0.4, 0.5) is 18.9 Å².